The second-order valence-electron chi connectivity index (χ2n) is 4.31. The van der Waals surface area contributed by atoms with Crippen molar-refractivity contribution in [2.24, 2.45) is 7.05 Å². The molecule has 0 fully saturated rings. The minimum Gasteiger partial charge on any atom is -0.390 e. The molecule has 7 heteroatoms. The van der Waals surface area contributed by atoms with Gasteiger partial charge >= 0.3 is 0 Å². The topological polar surface area (TPSA) is 76.7 Å². The van der Waals surface area contributed by atoms with E-state index in [4.69, 9.17) is 14.6 Å². The summed E-state index contributed by atoms with van der Waals surface area (Å²) in [4.78, 5) is 4.18. The van der Waals surface area contributed by atoms with Crippen LogP contribution >= 0.6 is 11.8 Å². The highest BCUT2D eigenvalue weighted by atomic mass is 32.2. The number of methoxy groups -OCH3 is 1. The van der Waals surface area contributed by atoms with Crippen LogP contribution in [0.2, 0.25) is 0 Å². The van der Waals surface area contributed by atoms with Crippen molar-refractivity contribution in [2.45, 2.75) is 30.9 Å². The van der Waals surface area contributed by atoms with Crippen LogP contribution in [0, 0.1) is 0 Å². The van der Waals surface area contributed by atoms with Gasteiger partial charge in [0.05, 0.1) is 43.9 Å². The van der Waals surface area contributed by atoms with Crippen molar-refractivity contribution in [3.8, 4) is 0 Å². The molecule has 0 saturated carbocycles. The van der Waals surface area contributed by atoms with E-state index in [1.165, 1.54) is 11.8 Å². The lowest BCUT2D eigenvalue weighted by Gasteiger charge is -2.15. The van der Waals surface area contributed by atoms with E-state index in [9.17, 15) is 5.11 Å². The number of aliphatic hydroxyl groups excluding tert-OH is 2. The Morgan fingerprint density at radius 3 is 2.79 bits per heavy atom. The normalized spacial score (nSPS) is 14.6. The van der Waals surface area contributed by atoms with E-state index in [0.29, 0.717) is 12.4 Å². The Labute approximate surface area is 117 Å². The lowest BCUT2D eigenvalue weighted by atomic mass is 10.4. The number of nitrogens with zero attached hydrogens (tertiary/aromatic N) is 2. The molecular weight excluding hydrogens is 268 g/mol. The van der Waals surface area contributed by atoms with E-state index in [1.54, 1.807) is 13.3 Å². The zero-order valence-electron chi connectivity index (χ0n) is 11.6. The van der Waals surface area contributed by atoms with Gasteiger partial charge in [-0.3, -0.25) is 0 Å². The number of thioether (sulfide) groups is 1. The van der Waals surface area contributed by atoms with Gasteiger partial charge in [0.15, 0.2) is 5.16 Å². The van der Waals surface area contributed by atoms with Crippen LogP contribution < -0.4 is 0 Å². The molecular formula is C12H22N2O4S. The van der Waals surface area contributed by atoms with Gasteiger partial charge in [-0.05, 0) is 6.92 Å². The predicted octanol–water partition coefficient (Wildman–Crippen LogP) is 0.417. The molecule has 19 heavy (non-hydrogen) atoms. The van der Waals surface area contributed by atoms with Crippen LogP contribution in [0.15, 0.2) is 11.4 Å². The monoisotopic (exact) mass is 290 g/mol. The van der Waals surface area contributed by atoms with Crippen LogP contribution in [0.5, 0.6) is 0 Å². The van der Waals surface area contributed by atoms with Crippen LogP contribution in [-0.4, -0.2) is 58.0 Å². The summed E-state index contributed by atoms with van der Waals surface area (Å²) < 4.78 is 12.2. The van der Waals surface area contributed by atoms with E-state index in [2.05, 4.69) is 4.98 Å². The summed E-state index contributed by atoms with van der Waals surface area (Å²) in [6.07, 6.45) is 1.05. The fourth-order valence-electron chi connectivity index (χ4n) is 1.48. The maximum absolute atomic E-state index is 9.81. The summed E-state index contributed by atoms with van der Waals surface area (Å²) >= 11 is 1.44. The van der Waals surface area contributed by atoms with Crippen molar-refractivity contribution in [1.82, 2.24) is 9.55 Å². The number of aliphatic hydroxyl groups is 2. The molecule has 0 aliphatic carbocycles. The predicted molar refractivity (Wildman–Crippen MR) is 73.2 cm³/mol. The number of aromatic nitrogens is 2. The van der Waals surface area contributed by atoms with Crippen LogP contribution in [0.1, 0.15) is 12.6 Å². The summed E-state index contributed by atoms with van der Waals surface area (Å²) in [5, 5.41) is 19.6. The van der Waals surface area contributed by atoms with Crippen molar-refractivity contribution in [3.63, 3.8) is 0 Å². The van der Waals surface area contributed by atoms with Crippen molar-refractivity contribution in [2.75, 3.05) is 26.1 Å². The second-order valence-corrected chi connectivity index (χ2v) is 5.30. The lowest BCUT2D eigenvalue weighted by molar-refractivity contribution is -0.0257. The summed E-state index contributed by atoms with van der Waals surface area (Å²) in [6.45, 7) is 2.65. The Morgan fingerprint density at radius 2 is 2.21 bits per heavy atom. The molecule has 1 rings (SSSR count). The van der Waals surface area contributed by atoms with E-state index in [0.717, 1.165) is 10.9 Å². The number of rotatable bonds is 9. The molecule has 0 aliphatic heterocycles. The van der Waals surface area contributed by atoms with E-state index < -0.39 is 6.10 Å². The van der Waals surface area contributed by atoms with Crippen LogP contribution in [0.4, 0.5) is 0 Å². The number of hydrogen-bond acceptors (Lipinski definition) is 6. The van der Waals surface area contributed by atoms with Gasteiger partial charge in [-0.25, -0.2) is 4.98 Å². The Bertz CT molecular complexity index is 373. The largest absolute Gasteiger partial charge is 0.390 e. The highest BCUT2D eigenvalue weighted by Crippen LogP contribution is 2.18. The van der Waals surface area contributed by atoms with Gasteiger partial charge in [-0.2, -0.15) is 0 Å². The fraction of sp³-hybridized carbons (Fsp3) is 0.750. The first-order valence-electron chi connectivity index (χ1n) is 6.11. The molecule has 110 valence electrons. The Hall–Kier alpha value is -0.600. The smallest absolute Gasteiger partial charge is 0.168 e. The van der Waals surface area contributed by atoms with Crippen molar-refractivity contribution >= 4 is 11.8 Å². The summed E-state index contributed by atoms with van der Waals surface area (Å²) in [5.74, 6) is 0.495. The zero-order chi connectivity index (χ0) is 14.3. The first-order valence-corrected chi connectivity index (χ1v) is 7.09. The van der Waals surface area contributed by atoms with Gasteiger partial charge in [0, 0.05) is 19.9 Å². The van der Waals surface area contributed by atoms with Gasteiger partial charge in [0.1, 0.15) is 0 Å². The summed E-state index contributed by atoms with van der Waals surface area (Å²) in [7, 11) is 3.45. The van der Waals surface area contributed by atoms with Gasteiger partial charge < -0.3 is 24.3 Å². The van der Waals surface area contributed by atoms with Gasteiger partial charge in [0.25, 0.3) is 0 Å². The average molecular weight is 290 g/mol. The Morgan fingerprint density at radius 1 is 1.47 bits per heavy atom. The highest BCUT2D eigenvalue weighted by Gasteiger charge is 2.11. The van der Waals surface area contributed by atoms with Crippen LogP contribution in [-0.2, 0) is 23.1 Å². The molecule has 2 atom stereocenters. The summed E-state index contributed by atoms with van der Waals surface area (Å²) in [5.41, 5.74) is 0.752. The average Bonchev–Trinajstić information content (AvgIpc) is 2.75. The zero-order valence-corrected chi connectivity index (χ0v) is 12.4. The van der Waals surface area contributed by atoms with E-state index in [1.807, 2.05) is 18.5 Å². The maximum atomic E-state index is 9.81. The molecule has 1 aromatic rings. The molecule has 2 N–H and O–H groups in total. The van der Waals surface area contributed by atoms with E-state index in [-0.39, 0.29) is 19.3 Å². The number of ether oxygens (including phenoxy) is 2. The molecule has 1 aromatic heterocycles. The van der Waals surface area contributed by atoms with E-state index >= 15 is 0 Å². The SMILES string of the molecule is COCC(C)OCC(O)CSc1ncc(CO)n1C. The minimum atomic E-state index is -0.557. The molecule has 0 aliphatic rings. The van der Waals surface area contributed by atoms with Gasteiger partial charge in [0.2, 0.25) is 0 Å². The molecule has 0 amide bonds. The lowest BCUT2D eigenvalue weighted by Crippen LogP contribution is -2.24. The van der Waals surface area contributed by atoms with Crippen LogP contribution in [0.3, 0.4) is 0 Å². The molecule has 1 heterocycles. The van der Waals surface area contributed by atoms with Crippen molar-refractivity contribution in [3.05, 3.63) is 11.9 Å². The third-order valence-electron chi connectivity index (χ3n) is 2.58. The Kier molecular flexibility index (Phi) is 7.40. The highest BCUT2D eigenvalue weighted by molar-refractivity contribution is 7.99. The molecule has 0 spiro atoms. The van der Waals surface area contributed by atoms with Crippen molar-refractivity contribution < 1.29 is 19.7 Å². The second kappa shape index (κ2) is 8.55. The summed E-state index contributed by atoms with van der Waals surface area (Å²) in [6, 6.07) is 0. The Balaban J connectivity index is 2.29. The minimum absolute atomic E-state index is 0.0289. The van der Waals surface area contributed by atoms with Crippen LogP contribution in [0.25, 0.3) is 0 Å². The molecule has 0 saturated heterocycles. The number of hydrogen-bond donors (Lipinski definition) is 2. The third kappa shape index (κ3) is 5.50. The molecule has 0 bridgehead atoms. The molecule has 0 aromatic carbocycles. The first kappa shape index (κ1) is 16.5. The quantitative estimate of drug-likeness (QED) is 0.642. The fourth-order valence-corrected chi connectivity index (χ4v) is 2.36. The molecule has 2 unspecified atom stereocenters. The van der Waals surface area contributed by atoms with Gasteiger partial charge in [-0.15, -0.1) is 0 Å². The molecule has 0 radical (unpaired) electrons. The van der Waals surface area contributed by atoms with Gasteiger partial charge in [-0.1, -0.05) is 11.8 Å². The maximum Gasteiger partial charge on any atom is 0.168 e. The number of imidazole rings is 1. The molecule has 6 nitrogen and oxygen atoms in total. The third-order valence-corrected chi connectivity index (χ3v) is 3.77. The standard InChI is InChI=1S/C12H22N2O4S/c1-9(6-17-3)18-7-11(16)8-19-12-13-4-10(5-15)14(12)2/h4,9,11,15-16H,5-8H2,1-3H3. The first-order chi connectivity index (χ1) is 9.08. The van der Waals surface area contributed by atoms with Crippen molar-refractivity contribution in [1.29, 1.82) is 0 Å².